The molecule has 2 nitrogen and oxygen atoms in total. The molecule has 0 saturated carbocycles. The molecule has 0 aliphatic carbocycles. The number of rotatable bonds is 0. The van der Waals surface area contributed by atoms with Crippen molar-refractivity contribution in [3.63, 3.8) is 0 Å². The summed E-state index contributed by atoms with van der Waals surface area (Å²) in [6.45, 7) is 0. The number of hydrogen-bond donors (Lipinski definition) is 4. The first-order chi connectivity index (χ1) is 4.63. The van der Waals surface area contributed by atoms with E-state index in [9.17, 15) is 0 Å². The zero-order chi connectivity index (χ0) is 7.72. The van der Waals surface area contributed by atoms with Gasteiger partial charge < -0.3 is 11.5 Å². The molecule has 54 valence electrons. The number of thiol groups is 2. The molecule has 0 atom stereocenters. The third kappa shape index (κ3) is 1.17. The van der Waals surface area contributed by atoms with E-state index in [0.29, 0.717) is 16.3 Å². The first-order valence-electron chi connectivity index (χ1n) is 2.69. The number of nitrogens with two attached hydrogens (primary N) is 2. The summed E-state index contributed by atoms with van der Waals surface area (Å²) in [6, 6.07) is 3.47. The minimum atomic E-state index is 0.496. The van der Waals surface area contributed by atoms with Crippen LogP contribution in [-0.2, 0) is 0 Å². The van der Waals surface area contributed by atoms with E-state index in [1.54, 1.807) is 12.1 Å². The predicted molar refractivity (Wildman–Crippen MR) is 49.8 cm³/mol. The van der Waals surface area contributed by atoms with Crippen LogP contribution in [0.5, 0.6) is 0 Å². The third-order valence-electron chi connectivity index (χ3n) is 1.23. The normalized spacial score (nSPS) is 9.80. The molecule has 1 aromatic rings. The van der Waals surface area contributed by atoms with Gasteiger partial charge in [-0.05, 0) is 12.1 Å². The zero-order valence-electron chi connectivity index (χ0n) is 5.20. The van der Waals surface area contributed by atoms with Gasteiger partial charge >= 0.3 is 0 Å². The fraction of sp³-hybridized carbons (Fsp3) is 0. The summed E-state index contributed by atoms with van der Waals surface area (Å²) < 4.78 is 0. The van der Waals surface area contributed by atoms with Gasteiger partial charge in [0.2, 0.25) is 0 Å². The summed E-state index contributed by atoms with van der Waals surface area (Å²) in [4.78, 5) is 1.39. The van der Waals surface area contributed by atoms with Crippen molar-refractivity contribution in [1.82, 2.24) is 0 Å². The number of hydrogen-bond acceptors (Lipinski definition) is 4. The summed E-state index contributed by atoms with van der Waals surface area (Å²) in [7, 11) is 0. The summed E-state index contributed by atoms with van der Waals surface area (Å²) in [6.07, 6.45) is 0. The molecule has 0 radical (unpaired) electrons. The second-order valence-corrected chi connectivity index (χ2v) is 2.87. The van der Waals surface area contributed by atoms with Gasteiger partial charge in [-0.3, -0.25) is 0 Å². The van der Waals surface area contributed by atoms with E-state index in [4.69, 9.17) is 11.5 Å². The van der Waals surface area contributed by atoms with Crippen LogP contribution in [0, 0.1) is 0 Å². The Hall–Kier alpha value is -0.480. The Kier molecular flexibility index (Phi) is 2.01. The molecule has 4 N–H and O–H groups in total. The van der Waals surface area contributed by atoms with Gasteiger partial charge in [0.05, 0.1) is 11.4 Å². The number of nitrogen functional groups attached to an aromatic ring is 2. The Bertz CT molecular complexity index is 233. The van der Waals surface area contributed by atoms with Crippen LogP contribution in [0.3, 0.4) is 0 Å². The summed E-state index contributed by atoms with van der Waals surface area (Å²) in [5.41, 5.74) is 12.1. The Labute approximate surface area is 70.4 Å². The average molecular weight is 172 g/mol. The number of anilines is 2. The van der Waals surface area contributed by atoms with Gasteiger partial charge in [0.25, 0.3) is 0 Å². The summed E-state index contributed by atoms with van der Waals surface area (Å²) in [5, 5.41) is 0. The van der Waals surface area contributed by atoms with Crippen LogP contribution in [0.15, 0.2) is 21.9 Å². The molecule has 0 heterocycles. The molecule has 0 aliphatic heterocycles. The molecule has 0 fully saturated rings. The molecule has 0 saturated heterocycles. The maximum absolute atomic E-state index is 5.53. The second-order valence-electron chi connectivity index (χ2n) is 1.94. The molecule has 0 amide bonds. The van der Waals surface area contributed by atoms with Gasteiger partial charge in [0.1, 0.15) is 0 Å². The van der Waals surface area contributed by atoms with Crippen molar-refractivity contribution in [2.45, 2.75) is 9.79 Å². The van der Waals surface area contributed by atoms with Gasteiger partial charge in [0, 0.05) is 9.79 Å². The molecular formula is C6H8N2S2. The standard InChI is InChI=1S/C6H8N2S2/c7-3-1-2-4(9)6(10)5(3)8/h1-2,9-10H,7-8H2. The van der Waals surface area contributed by atoms with E-state index >= 15 is 0 Å². The van der Waals surface area contributed by atoms with Crippen LogP contribution < -0.4 is 11.5 Å². The van der Waals surface area contributed by atoms with Crippen molar-refractivity contribution in [3.05, 3.63) is 12.1 Å². The Morgan fingerprint density at radius 2 is 1.70 bits per heavy atom. The van der Waals surface area contributed by atoms with E-state index in [1.807, 2.05) is 0 Å². The van der Waals surface area contributed by atoms with Crippen LogP contribution in [0.2, 0.25) is 0 Å². The van der Waals surface area contributed by atoms with E-state index in [1.165, 1.54) is 0 Å². The fourth-order valence-electron chi connectivity index (χ4n) is 0.612. The summed E-state index contributed by atoms with van der Waals surface area (Å²) in [5.74, 6) is 0. The first kappa shape index (κ1) is 7.63. The lowest BCUT2D eigenvalue weighted by Crippen LogP contribution is -1.95. The second kappa shape index (κ2) is 2.64. The minimum Gasteiger partial charge on any atom is -0.397 e. The van der Waals surface area contributed by atoms with Crippen LogP contribution in [0.4, 0.5) is 11.4 Å². The highest BCUT2D eigenvalue weighted by Gasteiger charge is 2.00. The maximum atomic E-state index is 5.53. The molecule has 0 bridgehead atoms. The van der Waals surface area contributed by atoms with Gasteiger partial charge in [0.15, 0.2) is 0 Å². The van der Waals surface area contributed by atoms with Crippen molar-refractivity contribution >= 4 is 36.6 Å². The predicted octanol–water partition coefficient (Wildman–Crippen LogP) is 1.43. The average Bonchev–Trinajstić information content (AvgIpc) is 1.93. The topological polar surface area (TPSA) is 52.0 Å². The van der Waals surface area contributed by atoms with E-state index in [0.717, 1.165) is 4.90 Å². The molecule has 10 heavy (non-hydrogen) atoms. The minimum absolute atomic E-state index is 0.496. The first-order valence-corrected chi connectivity index (χ1v) is 3.58. The monoisotopic (exact) mass is 172 g/mol. The lowest BCUT2D eigenvalue weighted by atomic mass is 10.3. The van der Waals surface area contributed by atoms with Crippen LogP contribution >= 0.6 is 25.3 Å². The smallest absolute Gasteiger partial charge is 0.0694 e. The molecule has 1 rings (SSSR count). The lowest BCUT2D eigenvalue weighted by Gasteiger charge is -2.04. The highest BCUT2D eigenvalue weighted by Crippen LogP contribution is 2.28. The molecule has 1 aromatic carbocycles. The lowest BCUT2D eigenvalue weighted by molar-refractivity contribution is 1.28. The van der Waals surface area contributed by atoms with Gasteiger partial charge in [-0.15, -0.1) is 25.3 Å². The third-order valence-corrected chi connectivity index (χ3v) is 2.26. The van der Waals surface area contributed by atoms with Gasteiger partial charge in [-0.1, -0.05) is 0 Å². The van der Waals surface area contributed by atoms with Gasteiger partial charge in [-0.25, -0.2) is 0 Å². The van der Waals surface area contributed by atoms with Crippen molar-refractivity contribution in [1.29, 1.82) is 0 Å². The highest BCUT2D eigenvalue weighted by molar-refractivity contribution is 7.83. The van der Waals surface area contributed by atoms with Crippen LogP contribution in [-0.4, -0.2) is 0 Å². The molecular weight excluding hydrogens is 164 g/mol. The van der Waals surface area contributed by atoms with E-state index in [2.05, 4.69) is 25.3 Å². The van der Waals surface area contributed by atoms with E-state index < -0.39 is 0 Å². The Morgan fingerprint density at radius 3 is 2.20 bits per heavy atom. The largest absolute Gasteiger partial charge is 0.397 e. The van der Waals surface area contributed by atoms with Gasteiger partial charge in [-0.2, -0.15) is 0 Å². The maximum Gasteiger partial charge on any atom is 0.0694 e. The van der Waals surface area contributed by atoms with E-state index in [-0.39, 0.29) is 0 Å². The molecule has 0 aliphatic rings. The Morgan fingerprint density at radius 1 is 1.10 bits per heavy atom. The Balaban J connectivity index is 3.34. The molecule has 0 aromatic heterocycles. The van der Waals surface area contributed by atoms with Crippen molar-refractivity contribution in [3.8, 4) is 0 Å². The van der Waals surface area contributed by atoms with Crippen LogP contribution in [0.1, 0.15) is 0 Å². The number of benzene rings is 1. The fourth-order valence-corrected chi connectivity index (χ4v) is 1.01. The SMILES string of the molecule is Nc1ccc(S)c(S)c1N. The van der Waals surface area contributed by atoms with Crippen molar-refractivity contribution in [2.24, 2.45) is 0 Å². The highest BCUT2D eigenvalue weighted by atomic mass is 32.1. The molecule has 0 spiro atoms. The quantitative estimate of drug-likeness (QED) is 0.353. The summed E-state index contributed by atoms with van der Waals surface area (Å²) >= 11 is 8.20. The van der Waals surface area contributed by atoms with Crippen molar-refractivity contribution < 1.29 is 0 Å². The zero-order valence-corrected chi connectivity index (χ0v) is 6.99. The molecule has 0 unspecified atom stereocenters. The molecule has 4 heteroatoms. The van der Waals surface area contributed by atoms with Crippen molar-refractivity contribution in [2.75, 3.05) is 11.5 Å². The van der Waals surface area contributed by atoms with Crippen LogP contribution in [0.25, 0.3) is 0 Å².